The lowest BCUT2D eigenvalue weighted by Crippen LogP contribution is -2.47. The molecule has 194 valence electrons. The summed E-state index contributed by atoms with van der Waals surface area (Å²) in [5.74, 6) is -1.52. The number of nitrogens with one attached hydrogen (secondary N) is 1. The number of carbonyl (C=O) groups excluding carboxylic acids is 1. The highest BCUT2D eigenvalue weighted by Gasteiger charge is 2.65. The van der Waals surface area contributed by atoms with Crippen molar-refractivity contribution in [2.45, 2.75) is 56.1 Å². The first kappa shape index (κ1) is 26.4. The van der Waals surface area contributed by atoms with Gasteiger partial charge in [0, 0.05) is 18.1 Å². The molecule has 2 aromatic rings. The smallest absolute Gasteiger partial charge is 0.410 e. The van der Waals surface area contributed by atoms with E-state index in [0.717, 1.165) is 11.1 Å². The van der Waals surface area contributed by atoms with E-state index in [-0.39, 0.29) is 29.2 Å². The zero-order valence-electron chi connectivity index (χ0n) is 20.5. The number of carbonyl (C=O) groups is 2. The summed E-state index contributed by atoms with van der Waals surface area (Å²) >= 11 is 5.93. The fraction of sp³-hybridized carbons (Fsp3) is 0.462. The van der Waals surface area contributed by atoms with E-state index in [2.05, 4.69) is 4.72 Å². The Bertz CT molecular complexity index is 1230. The number of ether oxygens (including phenoxy) is 1. The molecule has 10 heteroatoms. The Morgan fingerprint density at radius 1 is 1.03 bits per heavy atom. The first-order valence-corrected chi connectivity index (χ1v) is 13.8. The van der Waals surface area contributed by atoms with E-state index >= 15 is 0 Å². The van der Waals surface area contributed by atoms with Crippen molar-refractivity contribution < 1.29 is 27.9 Å². The Morgan fingerprint density at radius 2 is 1.56 bits per heavy atom. The maximum absolute atomic E-state index is 13.1. The summed E-state index contributed by atoms with van der Waals surface area (Å²) in [6, 6.07) is 13.5. The number of amides is 1. The van der Waals surface area contributed by atoms with Gasteiger partial charge in [-0.3, -0.25) is 4.79 Å². The number of halogens is 1. The van der Waals surface area contributed by atoms with Crippen LogP contribution in [0.1, 0.15) is 40.0 Å². The lowest BCUT2D eigenvalue weighted by molar-refractivity contribution is -0.140. The number of benzene rings is 2. The molecule has 0 bridgehead atoms. The van der Waals surface area contributed by atoms with Crippen molar-refractivity contribution in [1.29, 1.82) is 0 Å². The Morgan fingerprint density at radius 3 is 2.06 bits per heavy atom. The van der Waals surface area contributed by atoms with E-state index in [1.54, 1.807) is 49.9 Å². The van der Waals surface area contributed by atoms with Gasteiger partial charge in [-0.05, 0) is 87.3 Å². The first-order valence-electron chi connectivity index (χ1n) is 11.9. The van der Waals surface area contributed by atoms with Crippen LogP contribution in [0.5, 0.6) is 0 Å². The topological polar surface area (TPSA) is 113 Å². The second-order valence-corrected chi connectivity index (χ2v) is 12.6. The van der Waals surface area contributed by atoms with Crippen molar-refractivity contribution in [2.75, 3.05) is 13.1 Å². The number of aliphatic carboxylic acids is 1. The molecule has 8 nitrogen and oxygen atoms in total. The number of sulfonamides is 1. The summed E-state index contributed by atoms with van der Waals surface area (Å²) in [6.07, 6.45) is 1.03. The molecule has 1 saturated heterocycles. The lowest BCUT2D eigenvalue weighted by atomic mass is 9.90. The van der Waals surface area contributed by atoms with Gasteiger partial charge < -0.3 is 14.7 Å². The van der Waals surface area contributed by atoms with Crippen LogP contribution in [-0.2, 0) is 19.6 Å². The highest BCUT2D eigenvalue weighted by Crippen LogP contribution is 2.52. The first-order chi connectivity index (χ1) is 16.8. The minimum Gasteiger partial charge on any atom is -0.480 e. The van der Waals surface area contributed by atoms with Gasteiger partial charge in [0.2, 0.25) is 10.0 Å². The van der Waals surface area contributed by atoms with E-state index in [1.165, 1.54) is 12.1 Å². The third kappa shape index (κ3) is 5.68. The van der Waals surface area contributed by atoms with Gasteiger partial charge in [0.1, 0.15) is 11.1 Å². The molecule has 2 unspecified atom stereocenters. The van der Waals surface area contributed by atoms with Gasteiger partial charge in [-0.25, -0.2) is 13.2 Å². The van der Waals surface area contributed by atoms with Gasteiger partial charge in [0.05, 0.1) is 4.90 Å². The normalized spacial score (nSPS) is 22.8. The van der Waals surface area contributed by atoms with Crippen LogP contribution in [0.4, 0.5) is 4.79 Å². The Hall–Kier alpha value is -2.62. The summed E-state index contributed by atoms with van der Waals surface area (Å²) in [6.45, 7) is 6.32. The number of carboxylic acid groups (broad SMARTS) is 1. The predicted octanol–water partition coefficient (Wildman–Crippen LogP) is 4.78. The number of hydrogen-bond donors (Lipinski definition) is 2. The summed E-state index contributed by atoms with van der Waals surface area (Å²) in [5, 5.41) is 10.6. The Labute approximate surface area is 216 Å². The zero-order chi connectivity index (χ0) is 26.3. The van der Waals surface area contributed by atoms with Gasteiger partial charge in [0.15, 0.2) is 0 Å². The van der Waals surface area contributed by atoms with Crippen LogP contribution in [0.15, 0.2) is 53.4 Å². The monoisotopic (exact) mass is 534 g/mol. The molecule has 0 spiro atoms. The number of likely N-dealkylation sites (tertiary alicyclic amines) is 1. The zero-order valence-corrected chi connectivity index (χ0v) is 22.1. The molecule has 2 N–H and O–H groups in total. The van der Waals surface area contributed by atoms with E-state index in [4.69, 9.17) is 16.3 Å². The second-order valence-electron chi connectivity index (χ2n) is 10.5. The van der Waals surface area contributed by atoms with Crippen molar-refractivity contribution >= 4 is 33.7 Å². The molecule has 1 amide bonds. The van der Waals surface area contributed by atoms with Gasteiger partial charge in [-0.1, -0.05) is 35.9 Å². The largest absolute Gasteiger partial charge is 0.480 e. The number of carboxylic acids is 1. The van der Waals surface area contributed by atoms with E-state index in [9.17, 15) is 23.1 Å². The fourth-order valence-electron chi connectivity index (χ4n) is 4.84. The average Bonchev–Trinajstić information content (AvgIpc) is 3.53. The number of hydrogen-bond acceptors (Lipinski definition) is 5. The summed E-state index contributed by atoms with van der Waals surface area (Å²) in [5.41, 5.74) is -0.418. The van der Waals surface area contributed by atoms with Gasteiger partial charge in [0.25, 0.3) is 0 Å². The fourth-order valence-corrected chi connectivity index (χ4v) is 6.38. The SMILES string of the molecule is CC(C)(C)OC(=O)N1CCC(C2CC2(NS(=O)(=O)c2ccc(-c3ccc(Cl)cc3)cc2)C(=O)O)CC1. The average molecular weight is 535 g/mol. The summed E-state index contributed by atoms with van der Waals surface area (Å²) < 4.78 is 34.2. The van der Waals surface area contributed by atoms with Gasteiger partial charge in [-0.2, -0.15) is 4.72 Å². The molecule has 0 aromatic heterocycles. The van der Waals surface area contributed by atoms with Crippen molar-refractivity contribution in [3.8, 4) is 11.1 Å². The summed E-state index contributed by atoms with van der Waals surface area (Å²) in [7, 11) is -4.06. The van der Waals surface area contributed by atoms with Crippen LogP contribution in [0.25, 0.3) is 11.1 Å². The van der Waals surface area contributed by atoms with Gasteiger partial charge in [-0.15, -0.1) is 0 Å². The molecule has 1 aliphatic heterocycles. The van der Waals surface area contributed by atoms with Gasteiger partial charge >= 0.3 is 12.1 Å². The highest BCUT2D eigenvalue weighted by atomic mass is 35.5. The second kappa shape index (κ2) is 9.68. The van der Waals surface area contributed by atoms with Crippen LogP contribution in [-0.4, -0.2) is 54.7 Å². The maximum atomic E-state index is 13.1. The molecular formula is C26H31ClN2O6S. The number of nitrogens with zero attached hydrogens (tertiary/aromatic N) is 1. The van der Waals surface area contributed by atoms with Crippen molar-refractivity contribution in [3.63, 3.8) is 0 Å². The van der Waals surface area contributed by atoms with Crippen LogP contribution in [0.3, 0.4) is 0 Å². The van der Waals surface area contributed by atoms with Crippen LogP contribution >= 0.6 is 11.6 Å². The van der Waals surface area contributed by atoms with E-state index in [0.29, 0.717) is 31.0 Å². The molecule has 2 fully saturated rings. The third-order valence-corrected chi connectivity index (χ3v) is 8.59. The molecule has 0 radical (unpaired) electrons. The lowest BCUT2D eigenvalue weighted by Gasteiger charge is -2.34. The number of piperidine rings is 1. The van der Waals surface area contributed by atoms with Crippen LogP contribution in [0.2, 0.25) is 5.02 Å². The molecule has 36 heavy (non-hydrogen) atoms. The van der Waals surface area contributed by atoms with Crippen molar-refractivity contribution in [1.82, 2.24) is 9.62 Å². The van der Waals surface area contributed by atoms with E-state index in [1.807, 2.05) is 12.1 Å². The van der Waals surface area contributed by atoms with Crippen LogP contribution in [0, 0.1) is 11.8 Å². The molecule has 2 atom stereocenters. The summed E-state index contributed by atoms with van der Waals surface area (Å²) in [4.78, 5) is 26.2. The standard InChI is InChI=1S/C26H31ClN2O6S/c1-25(2,3)35-24(32)29-14-12-19(13-15-29)22-16-26(22,23(30)31)28-36(33,34)21-10-6-18(7-11-21)17-4-8-20(27)9-5-17/h4-11,19,22,28H,12-16H2,1-3H3,(H,30,31). The molecular weight excluding hydrogens is 504 g/mol. The molecule has 4 rings (SSSR count). The number of rotatable bonds is 6. The quantitative estimate of drug-likeness (QED) is 0.551. The molecule has 1 saturated carbocycles. The Balaban J connectivity index is 1.42. The highest BCUT2D eigenvalue weighted by molar-refractivity contribution is 7.89. The molecule has 2 aromatic carbocycles. The van der Waals surface area contributed by atoms with Crippen molar-refractivity contribution in [2.24, 2.45) is 11.8 Å². The minimum absolute atomic E-state index is 0.00484. The van der Waals surface area contributed by atoms with E-state index < -0.39 is 27.1 Å². The minimum atomic E-state index is -4.06. The molecule has 1 aliphatic carbocycles. The maximum Gasteiger partial charge on any atom is 0.410 e. The molecule has 1 heterocycles. The predicted molar refractivity (Wildman–Crippen MR) is 136 cm³/mol. The van der Waals surface area contributed by atoms with Crippen LogP contribution < -0.4 is 4.72 Å². The Kier molecular flexibility index (Phi) is 7.11. The molecule has 2 aliphatic rings. The third-order valence-electron chi connectivity index (χ3n) is 6.82. The van der Waals surface area contributed by atoms with Crippen molar-refractivity contribution in [3.05, 3.63) is 53.6 Å².